The third kappa shape index (κ3) is 3.47. The van der Waals surface area contributed by atoms with E-state index in [2.05, 4.69) is 10.3 Å². The molecule has 2 rings (SSSR count). The predicted octanol–water partition coefficient (Wildman–Crippen LogP) is 2.63. The zero-order chi connectivity index (χ0) is 16.3. The lowest BCUT2D eigenvalue weighted by Crippen LogP contribution is -2.40. The molecule has 1 heterocycles. The van der Waals surface area contributed by atoms with Crippen molar-refractivity contribution < 1.29 is 14.7 Å². The smallest absolute Gasteiger partial charge is 0.308 e. The number of amides is 1. The summed E-state index contributed by atoms with van der Waals surface area (Å²) in [6.45, 7) is 5.35. The Balaban J connectivity index is 1.96. The molecule has 5 heteroatoms. The van der Waals surface area contributed by atoms with Gasteiger partial charge in [-0.15, -0.1) is 0 Å². The summed E-state index contributed by atoms with van der Waals surface area (Å²) >= 11 is 0. The van der Waals surface area contributed by atoms with Crippen molar-refractivity contribution >= 4 is 22.8 Å². The van der Waals surface area contributed by atoms with Crippen LogP contribution < -0.4 is 5.32 Å². The summed E-state index contributed by atoms with van der Waals surface area (Å²) in [7, 11) is 0. The molecule has 0 aliphatic rings. The summed E-state index contributed by atoms with van der Waals surface area (Å²) in [5, 5.41) is 12.8. The van der Waals surface area contributed by atoms with Gasteiger partial charge in [0.05, 0.1) is 5.92 Å². The fourth-order valence-corrected chi connectivity index (χ4v) is 2.48. The number of aromatic nitrogens is 1. The molecule has 2 aromatic rings. The van der Waals surface area contributed by atoms with Gasteiger partial charge in [0, 0.05) is 29.6 Å². The Morgan fingerprint density at radius 1 is 1.32 bits per heavy atom. The second-order valence-electron chi connectivity index (χ2n) is 5.79. The van der Waals surface area contributed by atoms with Crippen molar-refractivity contribution in [3.8, 4) is 0 Å². The number of aryl methyl sites for hydroxylation is 2. The molecule has 5 nitrogen and oxygen atoms in total. The molecule has 0 saturated heterocycles. The Kier molecular flexibility index (Phi) is 4.85. The average Bonchev–Trinajstić information content (AvgIpc) is 2.88. The van der Waals surface area contributed by atoms with Gasteiger partial charge >= 0.3 is 5.97 Å². The SMILES string of the molecule is Cc1cccc2c(CCC(=O)NC(C)C(C)C(=O)O)c[nH]c12. The number of carboxylic acids is 1. The standard InChI is InChI=1S/C17H22N2O3/c1-10-5-4-6-14-13(9-18-16(10)14)7-8-15(20)19-12(3)11(2)17(21)22/h4-6,9,11-12,18H,7-8H2,1-3H3,(H,19,20)(H,21,22). The number of fused-ring (bicyclic) bond motifs is 1. The highest BCUT2D eigenvalue weighted by atomic mass is 16.4. The minimum absolute atomic E-state index is 0.123. The van der Waals surface area contributed by atoms with Gasteiger partial charge in [-0.2, -0.15) is 0 Å². The van der Waals surface area contributed by atoms with E-state index in [1.165, 1.54) is 5.56 Å². The van der Waals surface area contributed by atoms with E-state index in [0.717, 1.165) is 16.5 Å². The third-order valence-electron chi connectivity index (χ3n) is 4.16. The second-order valence-corrected chi connectivity index (χ2v) is 5.79. The largest absolute Gasteiger partial charge is 0.481 e. The van der Waals surface area contributed by atoms with E-state index in [9.17, 15) is 9.59 Å². The molecule has 2 atom stereocenters. The van der Waals surface area contributed by atoms with Crippen molar-refractivity contribution in [3.05, 3.63) is 35.5 Å². The lowest BCUT2D eigenvalue weighted by molar-refractivity contribution is -0.142. The quantitative estimate of drug-likeness (QED) is 0.767. The van der Waals surface area contributed by atoms with Crippen LogP contribution in [-0.4, -0.2) is 28.0 Å². The molecule has 3 N–H and O–H groups in total. The summed E-state index contributed by atoms with van der Waals surface area (Å²) in [4.78, 5) is 26.1. The summed E-state index contributed by atoms with van der Waals surface area (Å²) in [5.74, 6) is -1.62. The monoisotopic (exact) mass is 302 g/mol. The number of hydrogen-bond acceptors (Lipinski definition) is 2. The number of nitrogens with one attached hydrogen (secondary N) is 2. The summed E-state index contributed by atoms with van der Waals surface area (Å²) < 4.78 is 0. The van der Waals surface area contributed by atoms with Crippen LogP contribution in [0, 0.1) is 12.8 Å². The molecule has 22 heavy (non-hydrogen) atoms. The maximum Gasteiger partial charge on any atom is 0.308 e. The molecule has 1 aromatic heterocycles. The van der Waals surface area contributed by atoms with Crippen molar-refractivity contribution in [2.24, 2.45) is 5.92 Å². The number of H-pyrrole nitrogens is 1. The van der Waals surface area contributed by atoms with E-state index >= 15 is 0 Å². The lowest BCUT2D eigenvalue weighted by Gasteiger charge is -2.17. The first-order valence-corrected chi connectivity index (χ1v) is 7.48. The minimum atomic E-state index is -0.903. The van der Waals surface area contributed by atoms with Crippen LogP contribution in [0.1, 0.15) is 31.4 Å². The molecule has 0 saturated carbocycles. The highest BCUT2D eigenvalue weighted by Gasteiger charge is 2.20. The first-order chi connectivity index (χ1) is 10.4. The average molecular weight is 302 g/mol. The van der Waals surface area contributed by atoms with E-state index in [4.69, 9.17) is 5.11 Å². The number of aliphatic carboxylic acids is 1. The number of aromatic amines is 1. The zero-order valence-electron chi connectivity index (χ0n) is 13.1. The van der Waals surface area contributed by atoms with Gasteiger partial charge in [-0.25, -0.2) is 0 Å². The van der Waals surface area contributed by atoms with Gasteiger partial charge in [0.1, 0.15) is 0 Å². The Hall–Kier alpha value is -2.30. The van der Waals surface area contributed by atoms with Gasteiger partial charge < -0.3 is 15.4 Å². The van der Waals surface area contributed by atoms with Crippen LogP contribution >= 0.6 is 0 Å². The van der Waals surface area contributed by atoms with Gasteiger partial charge in [-0.3, -0.25) is 9.59 Å². The summed E-state index contributed by atoms with van der Waals surface area (Å²) in [5.41, 5.74) is 3.38. The molecule has 0 radical (unpaired) electrons. The van der Waals surface area contributed by atoms with Crippen LogP contribution in [-0.2, 0) is 16.0 Å². The van der Waals surface area contributed by atoms with Crippen LogP contribution in [0.25, 0.3) is 10.9 Å². The molecule has 0 aliphatic heterocycles. The number of benzene rings is 1. The fraction of sp³-hybridized carbons (Fsp3) is 0.412. The first kappa shape index (κ1) is 16.1. The molecule has 2 unspecified atom stereocenters. The highest BCUT2D eigenvalue weighted by molar-refractivity contribution is 5.86. The van der Waals surface area contributed by atoms with Gasteiger partial charge in [-0.1, -0.05) is 18.2 Å². The number of hydrogen-bond donors (Lipinski definition) is 3. The number of para-hydroxylation sites is 1. The second kappa shape index (κ2) is 6.64. The minimum Gasteiger partial charge on any atom is -0.481 e. The first-order valence-electron chi connectivity index (χ1n) is 7.48. The van der Waals surface area contributed by atoms with Gasteiger partial charge in [0.2, 0.25) is 5.91 Å². The maximum atomic E-state index is 12.0. The van der Waals surface area contributed by atoms with E-state index in [1.807, 2.05) is 31.3 Å². The maximum absolute atomic E-state index is 12.0. The van der Waals surface area contributed by atoms with E-state index < -0.39 is 11.9 Å². The molecule has 0 spiro atoms. The molecule has 0 bridgehead atoms. The van der Waals surface area contributed by atoms with Gasteiger partial charge in [0.25, 0.3) is 0 Å². The number of rotatable bonds is 6. The molecule has 0 fully saturated rings. The van der Waals surface area contributed by atoms with Crippen LogP contribution in [0.15, 0.2) is 24.4 Å². The van der Waals surface area contributed by atoms with Crippen molar-refractivity contribution in [2.45, 2.75) is 39.7 Å². The molecular formula is C17H22N2O3. The van der Waals surface area contributed by atoms with Crippen molar-refractivity contribution in [1.82, 2.24) is 10.3 Å². The fourth-order valence-electron chi connectivity index (χ4n) is 2.48. The van der Waals surface area contributed by atoms with Crippen molar-refractivity contribution in [2.75, 3.05) is 0 Å². The summed E-state index contributed by atoms with van der Waals surface area (Å²) in [6, 6.07) is 5.71. The van der Waals surface area contributed by atoms with Crippen LogP contribution in [0.4, 0.5) is 0 Å². The Morgan fingerprint density at radius 3 is 2.73 bits per heavy atom. The van der Waals surface area contributed by atoms with Crippen LogP contribution in [0.2, 0.25) is 0 Å². The molecule has 118 valence electrons. The summed E-state index contributed by atoms with van der Waals surface area (Å²) in [6.07, 6.45) is 2.91. The number of carboxylic acid groups (broad SMARTS) is 1. The number of carbonyl (C=O) groups excluding carboxylic acids is 1. The van der Waals surface area contributed by atoms with Crippen LogP contribution in [0.3, 0.4) is 0 Å². The lowest BCUT2D eigenvalue weighted by atomic mass is 10.0. The van der Waals surface area contributed by atoms with E-state index in [0.29, 0.717) is 12.8 Å². The van der Waals surface area contributed by atoms with Crippen LogP contribution in [0.5, 0.6) is 0 Å². The third-order valence-corrected chi connectivity index (χ3v) is 4.16. The number of carbonyl (C=O) groups is 2. The van der Waals surface area contributed by atoms with Crippen molar-refractivity contribution in [1.29, 1.82) is 0 Å². The van der Waals surface area contributed by atoms with E-state index in [1.54, 1.807) is 13.8 Å². The molecule has 1 aromatic carbocycles. The van der Waals surface area contributed by atoms with Crippen molar-refractivity contribution in [3.63, 3.8) is 0 Å². The predicted molar refractivity (Wildman–Crippen MR) is 85.8 cm³/mol. The Bertz CT molecular complexity index is 690. The van der Waals surface area contributed by atoms with Gasteiger partial charge in [-0.05, 0) is 38.3 Å². The normalized spacial score (nSPS) is 13.8. The Labute approximate surface area is 129 Å². The zero-order valence-corrected chi connectivity index (χ0v) is 13.1. The highest BCUT2D eigenvalue weighted by Crippen LogP contribution is 2.22. The van der Waals surface area contributed by atoms with Gasteiger partial charge in [0.15, 0.2) is 0 Å². The topological polar surface area (TPSA) is 82.2 Å². The van der Waals surface area contributed by atoms with E-state index in [-0.39, 0.29) is 11.9 Å². The molecular weight excluding hydrogens is 280 g/mol. The molecule has 1 amide bonds. The Morgan fingerprint density at radius 2 is 2.05 bits per heavy atom. The molecule has 0 aliphatic carbocycles.